The van der Waals surface area contributed by atoms with Gasteiger partial charge >= 0.3 is 0 Å². The second-order valence-electron chi connectivity index (χ2n) is 7.28. The van der Waals surface area contributed by atoms with E-state index < -0.39 is 11.0 Å². The van der Waals surface area contributed by atoms with E-state index in [-0.39, 0.29) is 16.2 Å². The molecule has 2 aromatic rings. The normalized spacial score (nSPS) is 15.2. The number of hydrogen-bond acceptors (Lipinski definition) is 2. The molecule has 0 saturated heterocycles. The lowest BCUT2D eigenvalue weighted by atomic mass is 9.78. The molecule has 1 heterocycles. The zero-order valence-corrected chi connectivity index (χ0v) is 15.4. The molecule has 4 heteroatoms. The highest BCUT2D eigenvalue weighted by Gasteiger charge is 2.36. The monoisotopic (exact) mass is 330 g/mol. The first-order valence-electron chi connectivity index (χ1n) is 7.87. The summed E-state index contributed by atoms with van der Waals surface area (Å²) in [5.41, 5.74) is 1.79. The van der Waals surface area contributed by atoms with E-state index in [1.54, 1.807) is 6.20 Å². The van der Waals surface area contributed by atoms with Crippen LogP contribution in [0.4, 0.5) is 0 Å². The highest BCUT2D eigenvalue weighted by atomic mass is 32.2. The molecule has 0 bridgehead atoms. The Bertz CT molecular complexity index is 648. The van der Waals surface area contributed by atoms with Crippen LogP contribution in [-0.2, 0) is 16.4 Å². The molecule has 0 aliphatic carbocycles. The van der Waals surface area contributed by atoms with Gasteiger partial charge in [0.25, 0.3) is 0 Å². The van der Waals surface area contributed by atoms with Crippen molar-refractivity contribution in [1.82, 2.24) is 9.71 Å². The lowest BCUT2D eigenvalue weighted by molar-refractivity contribution is 0.383. The summed E-state index contributed by atoms with van der Waals surface area (Å²) in [7, 11) is -1.17. The molecule has 0 aliphatic heterocycles. The summed E-state index contributed by atoms with van der Waals surface area (Å²) in [5.74, 6) is 0. The van der Waals surface area contributed by atoms with E-state index in [2.05, 4.69) is 35.7 Å². The summed E-state index contributed by atoms with van der Waals surface area (Å²) in [4.78, 5) is 4.53. The Morgan fingerprint density at radius 3 is 2.09 bits per heavy atom. The van der Waals surface area contributed by atoms with Crippen molar-refractivity contribution < 1.29 is 4.21 Å². The van der Waals surface area contributed by atoms with E-state index >= 15 is 0 Å². The Hall–Kier alpha value is -1.52. The number of aromatic nitrogens is 1. The van der Waals surface area contributed by atoms with Gasteiger partial charge < -0.3 is 0 Å². The van der Waals surface area contributed by atoms with Crippen molar-refractivity contribution in [1.29, 1.82) is 0 Å². The Balaban J connectivity index is 2.44. The number of hydrogen-bond donors (Lipinski definition) is 1. The largest absolute Gasteiger partial charge is 0.261 e. The standard InChI is InChI=1S/C19H26N2OS/c1-18(2,3)23(22)21-17(15-11-7-6-8-12-15)19(4,5)16-13-9-10-14-20-16/h6-14,17,21H,1-5H3/t17-,23-/m0/s1. The topological polar surface area (TPSA) is 42.0 Å². The van der Waals surface area contributed by atoms with Crippen LogP contribution >= 0.6 is 0 Å². The lowest BCUT2D eigenvalue weighted by Gasteiger charge is -2.36. The van der Waals surface area contributed by atoms with Crippen molar-refractivity contribution in [3.8, 4) is 0 Å². The molecule has 1 N–H and O–H groups in total. The molecule has 2 rings (SSSR count). The van der Waals surface area contributed by atoms with Crippen LogP contribution in [0.2, 0.25) is 0 Å². The summed E-state index contributed by atoms with van der Waals surface area (Å²) < 4.78 is 15.7. The Morgan fingerprint density at radius 2 is 1.57 bits per heavy atom. The first-order valence-corrected chi connectivity index (χ1v) is 9.02. The van der Waals surface area contributed by atoms with Gasteiger partial charge in [0.2, 0.25) is 0 Å². The van der Waals surface area contributed by atoms with Crippen LogP contribution in [0, 0.1) is 0 Å². The van der Waals surface area contributed by atoms with Crippen molar-refractivity contribution in [2.24, 2.45) is 0 Å². The lowest BCUT2D eigenvalue weighted by Crippen LogP contribution is -2.43. The van der Waals surface area contributed by atoms with Crippen molar-refractivity contribution >= 4 is 11.0 Å². The summed E-state index contributed by atoms with van der Waals surface area (Å²) in [5, 5.41) is 0. The zero-order chi connectivity index (χ0) is 17.1. The van der Waals surface area contributed by atoms with Crippen LogP contribution in [0.5, 0.6) is 0 Å². The Labute approximate surface area is 142 Å². The van der Waals surface area contributed by atoms with Gasteiger partial charge in [0.1, 0.15) is 0 Å². The minimum atomic E-state index is -1.17. The summed E-state index contributed by atoms with van der Waals surface area (Å²) in [6, 6.07) is 16.0. The minimum absolute atomic E-state index is 0.0985. The summed E-state index contributed by atoms with van der Waals surface area (Å²) >= 11 is 0. The molecule has 0 fully saturated rings. The maximum atomic E-state index is 12.7. The molecule has 0 spiro atoms. The molecule has 0 amide bonds. The van der Waals surface area contributed by atoms with Crippen molar-refractivity contribution in [2.45, 2.75) is 50.8 Å². The van der Waals surface area contributed by atoms with E-state index in [1.165, 1.54) is 0 Å². The fraction of sp³-hybridized carbons (Fsp3) is 0.421. The number of nitrogens with zero attached hydrogens (tertiary/aromatic N) is 1. The molecule has 0 aliphatic rings. The Kier molecular flexibility index (Phi) is 5.37. The van der Waals surface area contributed by atoms with Gasteiger partial charge in [-0.2, -0.15) is 0 Å². The van der Waals surface area contributed by atoms with Gasteiger partial charge in [-0.15, -0.1) is 0 Å². The fourth-order valence-electron chi connectivity index (χ4n) is 2.45. The van der Waals surface area contributed by atoms with Crippen LogP contribution in [0.3, 0.4) is 0 Å². The highest BCUT2D eigenvalue weighted by Crippen LogP contribution is 2.36. The van der Waals surface area contributed by atoms with Gasteiger partial charge in [0.15, 0.2) is 0 Å². The minimum Gasteiger partial charge on any atom is -0.261 e. The van der Waals surface area contributed by atoms with Crippen LogP contribution in [-0.4, -0.2) is 13.9 Å². The first kappa shape index (κ1) is 17.8. The molecule has 3 nitrogen and oxygen atoms in total. The van der Waals surface area contributed by atoms with Gasteiger partial charge in [0, 0.05) is 17.3 Å². The van der Waals surface area contributed by atoms with E-state index in [0.717, 1.165) is 11.3 Å². The summed E-state index contributed by atoms with van der Waals surface area (Å²) in [6.07, 6.45) is 1.81. The van der Waals surface area contributed by atoms with Gasteiger partial charge in [-0.25, -0.2) is 8.93 Å². The third-order valence-electron chi connectivity index (χ3n) is 3.96. The van der Waals surface area contributed by atoms with Crippen molar-refractivity contribution in [3.63, 3.8) is 0 Å². The molecule has 1 aromatic heterocycles. The van der Waals surface area contributed by atoms with Gasteiger partial charge in [-0.1, -0.05) is 50.2 Å². The molecule has 2 atom stereocenters. The Morgan fingerprint density at radius 1 is 0.957 bits per heavy atom. The van der Waals surface area contributed by atoms with Crippen molar-refractivity contribution in [3.05, 3.63) is 66.0 Å². The second kappa shape index (κ2) is 6.93. The molecule has 1 aromatic carbocycles. The smallest absolute Gasteiger partial charge is 0.0976 e. The number of benzene rings is 1. The van der Waals surface area contributed by atoms with Gasteiger partial charge in [0.05, 0.1) is 21.8 Å². The molecule has 0 unspecified atom stereocenters. The molecular formula is C19H26N2OS. The molecule has 0 radical (unpaired) electrons. The number of nitrogens with one attached hydrogen (secondary N) is 1. The average molecular weight is 330 g/mol. The predicted molar refractivity (Wildman–Crippen MR) is 97.5 cm³/mol. The van der Waals surface area contributed by atoms with E-state index in [1.807, 2.05) is 57.2 Å². The maximum absolute atomic E-state index is 12.7. The third-order valence-corrected chi connectivity index (χ3v) is 5.52. The average Bonchev–Trinajstić information content (AvgIpc) is 2.53. The molecule has 23 heavy (non-hydrogen) atoms. The first-order chi connectivity index (χ1) is 10.7. The molecule has 0 saturated carbocycles. The van der Waals surface area contributed by atoms with E-state index in [4.69, 9.17) is 0 Å². The fourth-order valence-corrected chi connectivity index (χ4v) is 3.45. The molecular weight excluding hydrogens is 304 g/mol. The zero-order valence-electron chi connectivity index (χ0n) is 14.5. The maximum Gasteiger partial charge on any atom is 0.0976 e. The summed E-state index contributed by atoms with van der Waals surface area (Å²) in [6.45, 7) is 10.2. The van der Waals surface area contributed by atoms with Gasteiger partial charge in [-0.05, 0) is 38.5 Å². The number of rotatable bonds is 5. The number of pyridine rings is 1. The van der Waals surface area contributed by atoms with E-state index in [9.17, 15) is 4.21 Å². The molecule has 124 valence electrons. The van der Waals surface area contributed by atoms with E-state index in [0.29, 0.717) is 0 Å². The van der Waals surface area contributed by atoms with Crippen LogP contribution < -0.4 is 4.72 Å². The predicted octanol–water partition coefficient (Wildman–Crippen LogP) is 4.15. The quantitative estimate of drug-likeness (QED) is 0.895. The highest BCUT2D eigenvalue weighted by molar-refractivity contribution is 7.84. The van der Waals surface area contributed by atoms with Crippen LogP contribution in [0.15, 0.2) is 54.7 Å². The second-order valence-corrected chi connectivity index (χ2v) is 9.28. The van der Waals surface area contributed by atoms with Crippen LogP contribution in [0.1, 0.15) is 51.9 Å². The van der Waals surface area contributed by atoms with Gasteiger partial charge in [-0.3, -0.25) is 4.98 Å². The van der Waals surface area contributed by atoms with Crippen molar-refractivity contribution in [2.75, 3.05) is 0 Å². The van der Waals surface area contributed by atoms with Crippen LogP contribution in [0.25, 0.3) is 0 Å². The third kappa shape index (κ3) is 4.27. The SMILES string of the molecule is CC(C)(c1ccccn1)[C@@H](N[S@@](=O)C(C)(C)C)c1ccccc1.